The molecule has 25 heavy (non-hydrogen) atoms. The summed E-state index contributed by atoms with van der Waals surface area (Å²) in [6.07, 6.45) is 0. The Kier molecular flexibility index (Phi) is 4.35. The topological polar surface area (TPSA) is 82.8 Å². The molecule has 0 saturated carbocycles. The number of carbonyl (C=O) groups is 2. The molecule has 3 aromatic rings. The summed E-state index contributed by atoms with van der Waals surface area (Å²) < 4.78 is 15.8. The van der Waals surface area contributed by atoms with E-state index in [1.54, 1.807) is 30.3 Å². The lowest BCUT2D eigenvalue weighted by atomic mass is 10.1. The quantitative estimate of drug-likeness (QED) is 0.538. The van der Waals surface area contributed by atoms with E-state index in [2.05, 4.69) is 0 Å². The van der Waals surface area contributed by atoms with Crippen molar-refractivity contribution in [2.75, 3.05) is 0 Å². The Bertz CT molecular complexity index is 1010. The second kappa shape index (κ2) is 6.60. The van der Waals surface area contributed by atoms with Crippen LogP contribution in [0.3, 0.4) is 0 Å². The van der Waals surface area contributed by atoms with Crippen LogP contribution in [0.2, 0.25) is 0 Å². The Balaban J connectivity index is 2.02. The zero-order chi connectivity index (χ0) is 18.0. The van der Waals surface area contributed by atoms with Crippen molar-refractivity contribution in [2.45, 2.75) is 13.8 Å². The summed E-state index contributed by atoms with van der Waals surface area (Å²) in [4.78, 5) is 34.3. The van der Waals surface area contributed by atoms with Gasteiger partial charge in [0.05, 0.1) is 5.39 Å². The number of hydrogen-bond donors (Lipinski definition) is 0. The minimum Gasteiger partial charge on any atom is -0.456 e. The molecule has 0 N–H and O–H groups in total. The molecule has 126 valence electrons. The van der Waals surface area contributed by atoms with Crippen molar-refractivity contribution < 1.29 is 23.5 Å². The van der Waals surface area contributed by atoms with Crippen LogP contribution < -0.4 is 14.9 Å². The highest BCUT2D eigenvalue weighted by Crippen LogP contribution is 2.26. The fourth-order valence-corrected chi connectivity index (χ4v) is 2.36. The molecule has 0 atom stereocenters. The Morgan fingerprint density at radius 3 is 2.08 bits per heavy atom. The molecule has 0 bridgehead atoms. The van der Waals surface area contributed by atoms with Gasteiger partial charge >= 0.3 is 11.9 Å². The van der Waals surface area contributed by atoms with Gasteiger partial charge in [-0.3, -0.25) is 14.4 Å². The predicted molar refractivity (Wildman–Crippen MR) is 90.5 cm³/mol. The number of rotatable bonds is 3. The first-order valence-electron chi connectivity index (χ1n) is 7.47. The van der Waals surface area contributed by atoms with Gasteiger partial charge < -0.3 is 13.9 Å². The van der Waals surface area contributed by atoms with Crippen LogP contribution in [-0.2, 0) is 9.59 Å². The molecule has 0 fully saturated rings. The Labute approximate surface area is 142 Å². The van der Waals surface area contributed by atoms with Crippen LogP contribution in [0.15, 0.2) is 57.7 Å². The maximum absolute atomic E-state index is 12.3. The minimum absolute atomic E-state index is 0.213. The van der Waals surface area contributed by atoms with Crippen molar-refractivity contribution in [1.82, 2.24) is 0 Å². The van der Waals surface area contributed by atoms with E-state index >= 15 is 0 Å². The number of hydrogen-bond acceptors (Lipinski definition) is 6. The number of esters is 2. The standard InChI is InChI=1S/C19H14O6/c1-11(20)23-14-5-3-13(4-6-14)18-10-17(22)16-8-7-15(24-12(2)21)9-19(16)25-18/h3-10H,1-2H3. The molecule has 0 amide bonds. The Hall–Kier alpha value is -3.41. The highest BCUT2D eigenvalue weighted by atomic mass is 16.5. The first-order valence-corrected chi connectivity index (χ1v) is 7.47. The van der Waals surface area contributed by atoms with Gasteiger partial charge in [-0.1, -0.05) is 0 Å². The Morgan fingerprint density at radius 1 is 0.840 bits per heavy atom. The molecule has 0 spiro atoms. The molecule has 6 nitrogen and oxygen atoms in total. The number of carbonyl (C=O) groups excluding carboxylic acids is 2. The highest BCUT2D eigenvalue weighted by Gasteiger charge is 2.09. The van der Waals surface area contributed by atoms with Gasteiger partial charge in [0.25, 0.3) is 0 Å². The summed E-state index contributed by atoms with van der Waals surface area (Å²) in [6, 6.07) is 12.5. The molecule has 0 aliphatic rings. The number of benzene rings is 2. The summed E-state index contributed by atoms with van der Waals surface area (Å²) in [5.41, 5.74) is 0.743. The summed E-state index contributed by atoms with van der Waals surface area (Å²) >= 11 is 0. The van der Waals surface area contributed by atoms with Crippen molar-refractivity contribution in [1.29, 1.82) is 0 Å². The number of ether oxygens (including phenoxy) is 2. The van der Waals surface area contributed by atoms with Gasteiger partial charge in [-0.05, 0) is 36.4 Å². The second-order valence-electron chi connectivity index (χ2n) is 5.34. The van der Waals surface area contributed by atoms with E-state index in [9.17, 15) is 14.4 Å². The van der Waals surface area contributed by atoms with Crippen LogP contribution in [0.1, 0.15) is 13.8 Å². The predicted octanol–water partition coefficient (Wildman–Crippen LogP) is 3.31. The number of fused-ring (bicyclic) bond motifs is 1. The molecule has 2 aromatic carbocycles. The van der Waals surface area contributed by atoms with Gasteiger partial charge in [0.2, 0.25) is 0 Å². The molecular weight excluding hydrogens is 324 g/mol. The van der Waals surface area contributed by atoms with E-state index < -0.39 is 11.9 Å². The minimum atomic E-state index is -0.459. The summed E-state index contributed by atoms with van der Waals surface area (Å²) in [7, 11) is 0. The third-order valence-corrected chi connectivity index (χ3v) is 3.36. The van der Waals surface area contributed by atoms with E-state index in [0.29, 0.717) is 33.8 Å². The van der Waals surface area contributed by atoms with Crippen LogP contribution in [0.25, 0.3) is 22.3 Å². The van der Waals surface area contributed by atoms with Crippen LogP contribution >= 0.6 is 0 Å². The largest absolute Gasteiger partial charge is 0.456 e. The van der Waals surface area contributed by atoms with E-state index in [0.717, 1.165) is 0 Å². The normalized spacial score (nSPS) is 10.5. The first kappa shape index (κ1) is 16.4. The third-order valence-electron chi connectivity index (χ3n) is 3.36. The third kappa shape index (κ3) is 3.74. The molecule has 0 radical (unpaired) electrons. The fourth-order valence-electron chi connectivity index (χ4n) is 2.36. The lowest BCUT2D eigenvalue weighted by Crippen LogP contribution is -2.03. The smallest absolute Gasteiger partial charge is 0.308 e. The van der Waals surface area contributed by atoms with E-state index in [1.165, 1.54) is 32.0 Å². The lowest BCUT2D eigenvalue weighted by molar-refractivity contribution is -0.132. The summed E-state index contributed by atoms with van der Waals surface area (Å²) in [5, 5.41) is 0.385. The van der Waals surface area contributed by atoms with E-state index in [1.807, 2.05) is 0 Å². The van der Waals surface area contributed by atoms with Gasteiger partial charge in [-0.25, -0.2) is 0 Å². The van der Waals surface area contributed by atoms with E-state index in [-0.39, 0.29) is 5.43 Å². The molecule has 3 rings (SSSR count). The van der Waals surface area contributed by atoms with Crippen LogP contribution in [0.4, 0.5) is 0 Å². The lowest BCUT2D eigenvalue weighted by Gasteiger charge is -2.06. The van der Waals surface area contributed by atoms with Gasteiger partial charge in [-0.2, -0.15) is 0 Å². The van der Waals surface area contributed by atoms with Gasteiger partial charge in [0.15, 0.2) is 5.43 Å². The van der Waals surface area contributed by atoms with Crippen molar-refractivity contribution in [3.05, 3.63) is 58.8 Å². The van der Waals surface area contributed by atoms with Crippen molar-refractivity contribution >= 4 is 22.9 Å². The molecule has 6 heteroatoms. The summed E-state index contributed by atoms with van der Waals surface area (Å²) in [6.45, 7) is 2.61. The highest BCUT2D eigenvalue weighted by molar-refractivity contribution is 5.81. The zero-order valence-corrected chi connectivity index (χ0v) is 13.6. The SMILES string of the molecule is CC(=O)Oc1ccc(-c2cc(=O)c3ccc(OC(C)=O)cc3o2)cc1. The second-order valence-corrected chi connectivity index (χ2v) is 5.34. The average Bonchev–Trinajstić information content (AvgIpc) is 2.54. The van der Waals surface area contributed by atoms with Crippen molar-refractivity contribution in [3.63, 3.8) is 0 Å². The average molecular weight is 338 g/mol. The van der Waals surface area contributed by atoms with Gasteiger partial charge in [0, 0.05) is 31.5 Å². The molecule has 1 heterocycles. The molecule has 0 unspecified atom stereocenters. The maximum Gasteiger partial charge on any atom is 0.308 e. The van der Waals surface area contributed by atoms with Gasteiger partial charge in [-0.15, -0.1) is 0 Å². The molecule has 1 aromatic heterocycles. The molecule has 0 aliphatic carbocycles. The van der Waals surface area contributed by atoms with Crippen LogP contribution in [-0.4, -0.2) is 11.9 Å². The first-order chi connectivity index (χ1) is 11.9. The van der Waals surface area contributed by atoms with Gasteiger partial charge in [0.1, 0.15) is 22.8 Å². The van der Waals surface area contributed by atoms with Crippen molar-refractivity contribution in [3.8, 4) is 22.8 Å². The maximum atomic E-state index is 12.3. The molecule has 0 saturated heterocycles. The molecule has 0 aliphatic heterocycles. The van der Waals surface area contributed by atoms with Crippen LogP contribution in [0, 0.1) is 0 Å². The van der Waals surface area contributed by atoms with Crippen molar-refractivity contribution in [2.24, 2.45) is 0 Å². The van der Waals surface area contributed by atoms with Crippen LogP contribution in [0.5, 0.6) is 11.5 Å². The fraction of sp³-hybridized carbons (Fsp3) is 0.105. The van der Waals surface area contributed by atoms with E-state index in [4.69, 9.17) is 13.9 Å². The monoisotopic (exact) mass is 338 g/mol. The summed E-state index contributed by atoms with van der Waals surface area (Å²) in [5.74, 6) is 0.177. The zero-order valence-electron chi connectivity index (χ0n) is 13.6. The molecular formula is C19H14O6. The Morgan fingerprint density at radius 2 is 1.44 bits per heavy atom.